The average molecular weight is 262 g/mol. The molecule has 1 atom stereocenters. The Morgan fingerprint density at radius 2 is 2.32 bits per heavy atom. The lowest BCUT2D eigenvalue weighted by Crippen LogP contribution is -2.33. The second-order valence-corrected chi connectivity index (χ2v) is 5.08. The Morgan fingerprint density at radius 3 is 3.00 bits per heavy atom. The molecule has 0 aliphatic carbocycles. The summed E-state index contributed by atoms with van der Waals surface area (Å²) >= 11 is 0. The van der Waals surface area contributed by atoms with Crippen molar-refractivity contribution in [3.05, 3.63) is 35.1 Å². The zero-order valence-corrected chi connectivity index (χ0v) is 11.2. The average Bonchev–Trinajstić information content (AvgIpc) is 2.42. The molecule has 1 fully saturated rings. The number of nitrogens with zero attached hydrogens (tertiary/aromatic N) is 2. The van der Waals surface area contributed by atoms with Gasteiger partial charge in [-0.05, 0) is 32.4 Å². The van der Waals surface area contributed by atoms with Crippen LogP contribution in [0.5, 0.6) is 0 Å². The minimum atomic E-state index is -0.401. The zero-order valence-electron chi connectivity index (χ0n) is 11.2. The fourth-order valence-electron chi connectivity index (χ4n) is 2.44. The fraction of sp³-hybridized carbons (Fsp3) is 0.533. The number of hydrogen-bond donors (Lipinski definition) is 0. The van der Waals surface area contributed by atoms with Crippen LogP contribution in [0.1, 0.15) is 30.4 Å². The van der Waals surface area contributed by atoms with Crippen molar-refractivity contribution >= 4 is 0 Å². The van der Waals surface area contributed by atoms with Crippen molar-refractivity contribution < 1.29 is 9.13 Å². The molecule has 2 rings (SSSR count). The van der Waals surface area contributed by atoms with Crippen molar-refractivity contribution in [2.24, 2.45) is 0 Å². The number of likely N-dealkylation sites (N-methyl/N-ethyl adjacent to an activating group) is 1. The molecule has 0 amide bonds. The fourth-order valence-corrected chi connectivity index (χ4v) is 2.44. The number of nitriles is 1. The molecule has 1 aliphatic heterocycles. The number of ether oxygens (including phenoxy) is 1. The highest BCUT2D eigenvalue weighted by Crippen LogP contribution is 2.17. The highest BCUT2D eigenvalue weighted by molar-refractivity contribution is 5.34. The van der Waals surface area contributed by atoms with E-state index in [0.29, 0.717) is 12.1 Å². The Bertz CT molecular complexity index is 464. The van der Waals surface area contributed by atoms with Gasteiger partial charge in [-0.15, -0.1) is 0 Å². The topological polar surface area (TPSA) is 36.3 Å². The lowest BCUT2D eigenvalue weighted by Gasteiger charge is -2.27. The van der Waals surface area contributed by atoms with E-state index in [9.17, 15) is 4.39 Å². The molecular formula is C15H19FN2O. The van der Waals surface area contributed by atoms with Crippen LogP contribution in [-0.2, 0) is 11.3 Å². The first-order valence-corrected chi connectivity index (χ1v) is 6.68. The van der Waals surface area contributed by atoms with Crippen LogP contribution in [0.2, 0.25) is 0 Å². The molecule has 0 spiro atoms. The predicted molar refractivity (Wildman–Crippen MR) is 71.0 cm³/mol. The van der Waals surface area contributed by atoms with E-state index < -0.39 is 5.82 Å². The van der Waals surface area contributed by atoms with Crippen LogP contribution < -0.4 is 0 Å². The summed E-state index contributed by atoms with van der Waals surface area (Å²) in [4.78, 5) is 2.05. The van der Waals surface area contributed by atoms with Gasteiger partial charge < -0.3 is 4.74 Å². The summed E-state index contributed by atoms with van der Waals surface area (Å²) in [6, 6.07) is 6.83. The van der Waals surface area contributed by atoms with Crippen LogP contribution in [0.3, 0.4) is 0 Å². The first-order chi connectivity index (χ1) is 9.20. The number of halogens is 1. The van der Waals surface area contributed by atoms with Gasteiger partial charge in [-0.1, -0.05) is 12.1 Å². The minimum Gasteiger partial charge on any atom is -0.377 e. The summed E-state index contributed by atoms with van der Waals surface area (Å²) in [6.07, 6.45) is 3.67. The van der Waals surface area contributed by atoms with Crippen LogP contribution in [0.25, 0.3) is 0 Å². The van der Waals surface area contributed by atoms with Crippen LogP contribution >= 0.6 is 0 Å². The molecule has 3 nitrogen and oxygen atoms in total. The molecule has 1 heterocycles. The van der Waals surface area contributed by atoms with E-state index >= 15 is 0 Å². The van der Waals surface area contributed by atoms with E-state index in [4.69, 9.17) is 10.00 Å². The van der Waals surface area contributed by atoms with E-state index in [0.717, 1.165) is 26.0 Å². The van der Waals surface area contributed by atoms with Gasteiger partial charge in [-0.3, -0.25) is 4.90 Å². The van der Waals surface area contributed by atoms with Crippen LogP contribution in [0.15, 0.2) is 18.2 Å². The van der Waals surface area contributed by atoms with Gasteiger partial charge in [0, 0.05) is 25.3 Å². The van der Waals surface area contributed by atoms with E-state index in [1.165, 1.54) is 12.5 Å². The van der Waals surface area contributed by atoms with Gasteiger partial charge in [0.2, 0.25) is 0 Å². The van der Waals surface area contributed by atoms with E-state index in [-0.39, 0.29) is 11.7 Å². The Kier molecular flexibility index (Phi) is 4.89. The van der Waals surface area contributed by atoms with Gasteiger partial charge in [0.15, 0.2) is 0 Å². The third-order valence-electron chi connectivity index (χ3n) is 3.43. The smallest absolute Gasteiger partial charge is 0.145 e. The lowest BCUT2D eigenvalue weighted by atomic mass is 10.1. The summed E-state index contributed by atoms with van der Waals surface area (Å²) in [5.74, 6) is -0.401. The maximum absolute atomic E-state index is 13.9. The summed E-state index contributed by atoms with van der Waals surface area (Å²) in [5, 5.41) is 8.81. The maximum atomic E-state index is 13.9. The molecule has 0 aromatic heterocycles. The molecule has 102 valence electrons. The first-order valence-electron chi connectivity index (χ1n) is 6.68. The van der Waals surface area contributed by atoms with Crippen LogP contribution in [0, 0.1) is 17.1 Å². The Balaban J connectivity index is 1.95. The molecule has 0 bridgehead atoms. The number of rotatable bonds is 4. The van der Waals surface area contributed by atoms with Crippen LogP contribution in [0.4, 0.5) is 4.39 Å². The highest BCUT2D eigenvalue weighted by atomic mass is 19.1. The Labute approximate surface area is 113 Å². The molecule has 1 unspecified atom stereocenters. The Morgan fingerprint density at radius 1 is 1.47 bits per heavy atom. The number of hydrogen-bond acceptors (Lipinski definition) is 3. The molecule has 4 heteroatoms. The van der Waals surface area contributed by atoms with Gasteiger partial charge in [0.1, 0.15) is 11.9 Å². The van der Waals surface area contributed by atoms with Gasteiger partial charge in [0.25, 0.3) is 0 Å². The van der Waals surface area contributed by atoms with E-state index in [1.807, 2.05) is 13.1 Å². The van der Waals surface area contributed by atoms with Crippen LogP contribution in [-0.4, -0.2) is 31.2 Å². The lowest BCUT2D eigenvalue weighted by molar-refractivity contribution is -0.00272. The van der Waals surface area contributed by atoms with Crippen molar-refractivity contribution in [1.82, 2.24) is 4.90 Å². The van der Waals surface area contributed by atoms with Crippen molar-refractivity contribution in [1.29, 1.82) is 5.26 Å². The quantitative estimate of drug-likeness (QED) is 0.837. The summed E-state index contributed by atoms with van der Waals surface area (Å²) in [7, 11) is 1.95. The van der Waals surface area contributed by atoms with Gasteiger partial charge in [-0.2, -0.15) is 5.26 Å². The maximum Gasteiger partial charge on any atom is 0.145 e. The van der Waals surface area contributed by atoms with Gasteiger partial charge in [-0.25, -0.2) is 4.39 Å². The summed E-state index contributed by atoms with van der Waals surface area (Å²) < 4.78 is 19.6. The number of benzene rings is 1. The highest BCUT2D eigenvalue weighted by Gasteiger charge is 2.17. The van der Waals surface area contributed by atoms with E-state index in [2.05, 4.69) is 4.90 Å². The van der Waals surface area contributed by atoms with Crippen molar-refractivity contribution in [2.45, 2.75) is 31.9 Å². The monoisotopic (exact) mass is 262 g/mol. The first kappa shape index (κ1) is 14.0. The molecular weight excluding hydrogens is 243 g/mol. The van der Waals surface area contributed by atoms with Gasteiger partial charge >= 0.3 is 0 Å². The van der Waals surface area contributed by atoms with Gasteiger partial charge in [0.05, 0.1) is 11.7 Å². The standard InChI is InChI=1S/C15H19FN2O/c1-18(11-14-7-2-3-8-19-14)10-13-6-4-5-12(9-17)15(13)16/h4-6,14H,2-3,7-8,10-11H2,1H3. The zero-order chi connectivity index (χ0) is 13.7. The van der Waals surface area contributed by atoms with Crippen molar-refractivity contribution in [3.8, 4) is 6.07 Å². The third kappa shape index (κ3) is 3.76. The molecule has 1 aliphatic rings. The largest absolute Gasteiger partial charge is 0.377 e. The third-order valence-corrected chi connectivity index (χ3v) is 3.43. The minimum absolute atomic E-state index is 0.111. The molecule has 1 saturated heterocycles. The molecule has 1 aromatic rings. The van der Waals surface area contributed by atoms with Crippen molar-refractivity contribution in [3.63, 3.8) is 0 Å². The predicted octanol–water partition coefficient (Wildman–Crippen LogP) is 2.70. The summed E-state index contributed by atoms with van der Waals surface area (Å²) in [5.41, 5.74) is 0.678. The molecule has 1 aromatic carbocycles. The Hall–Kier alpha value is -1.44. The molecule has 0 N–H and O–H groups in total. The van der Waals surface area contributed by atoms with E-state index in [1.54, 1.807) is 12.1 Å². The van der Waals surface area contributed by atoms with Crippen molar-refractivity contribution in [2.75, 3.05) is 20.2 Å². The summed E-state index contributed by atoms with van der Waals surface area (Å²) in [6.45, 7) is 2.13. The molecule has 0 saturated carbocycles. The SMILES string of the molecule is CN(Cc1cccc(C#N)c1F)CC1CCCCO1. The molecule has 0 radical (unpaired) electrons. The second-order valence-electron chi connectivity index (χ2n) is 5.08. The molecule has 19 heavy (non-hydrogen) atoms. The second kappa shape index (κ2) is 6.65. The normalized spacial score (nSPS) is 19.4.